The van der Waals surface area contributed by atoms with Crippen LogP contribution in [0.25, 0.3) is 0 Å². The highest BCUT2D eigenvalue weighted by Gasteiger charge is 2.15. The van der Waals surface area contributed by atoms with Crippen LogP contribution in [0, 0.1) is 13.8 Å². The number of hydrogen-bond acceptors (Lipinski definition) is 4. The Morgan fingerprint density at radius 2 is 1.65 bits per heavy atom. The smallest absolute Gasteiger partial charge is 0.260 e. The zero-order chi connectivity index (χ0) is 19.1. The first-order chi connectivity index (χ1) is 12.4. The van der Waals surface area contributed by atoms with Crippen molar-refractivity contribution in [2.45, 2.75) is 13.8 Å². The van der Waals surface area contributed by atoms with Crippen LogP contribution in [-0.4, -0.2) is 44.0 Å². The van der Waals surface area contributed by atoms with Crippen molar-refractivity contribution < 1.29 is 19.1 Å². The van der Waals surface area contributed by atoms with Gasteiger partial charge in [-0.1, -0.05) is 23.8 Å². The summed E-state index contributed by atoms with van der Waals surface area (Å²) in [6.45, 7) is 3.69. The number of rotatable bonds is 7. The van der Waals surface area contributed by atoms with E-state index < -0.39 is 0 Å². The van der Waals surface area contributed by atoms with E-state index in [1.54, 1.807) is 20.2 Å². The predicted octanol–water partition coefficient (Wildman–Crippen LogP) is 2.79. The molecule has 0 aliphatic heterocycles. The first-order valence-corrected chi connectivity index (χ1v) is 8.27. The van der Waals surface area contributed by atoms with Crippen molar-refractivity contribution in [3.05, 3.63) is 53.6 Å². The number of aryl methyl sites for hydroxylation is 2. The first-order valence-electron chi connectivity index (χ1n) is 8.27. The molecule has 1 N–H and O–H groups in total. The Morgan fingerprint density at radius 1 is 1.00 bits per heavy atom. The topological polar surface area (TPSA) is 67.9 Å². The molecule has 0 fully saturated rings. The van der Waals surface area contributed by atoms with E-state index in [9.17, 15) is 9.59 Å². The van der Waals surface area contributed by atoms with E-state index in [-0.39, 0.29) is 25.0 Å². The molecule has 0 aliphatic carbocycles. The standard InChI is InChI=1S/C20H24N2O4/c1-14-5-8-16(9-6-14)21-19(23)12-22(3)20(24)13-26-17-10-7-15(2)11-18(17)25-4/h5-11H,12-13H2,1-4H3,(H,21,23). The highest BCUT2D eigenvalue weighted by atomic mass is 16.5. The van der Waals surface area contributed by atoms with Crippen LogP contribution in [0.2, 0.25) is 0 Å². The maximum atomic E-state index is 12.2. The summed E-state index contributed by atoms with van der Waals surface area (Å²) in [5, 5.41) is 2.76. The fourth-order valence-corrected chi connectivity index (χ4v) is 2.28. The van der Waals surface area contributed by atoms with Crippen LogP contribution in [0.4, 0.5) is 5.69 Å². The molecule has 0 unspecified atom stereocenters. The van der Waals surface area contributed by atoms with Gasteiger partial charge >= 0.3 is 0 Å². The van der Waals surface area contributed by atoms with E-state index in [1.165, 1.54) is 4.90 Å². The van der Waals surface area contributed by atoms with Crippen molar-refractivity contribution in [2.24, 2.45) is 0 Å². The van der Waals surface area contributed by atoms with Gasteiger partial charge in [-0.15, -0.1) is 0 Å². The Balaban J connectivity index is 1.85. The minimum Gasteiger partial charge on any atom is -0.493 e. The zero-order valence-corrected chi connectivity index (χ0v) is 15.5. The fourth-order valence-electron chi connectivity index (χ4n) is 2.28. The molecule has 0 bridgehead atoms. The number of methoxy groups -OCH3 is 1. The lowest BCUT2D eigenvalue weighted by Gasteiger charge is -2.18. The quantitative estimate of drug-likeness (QED) is 0.828. The molecule has 6 nitrogen and oxygen atoms in total. The summed E-state index contributed by atoms with van der Waals surface area (Å²) in [6, 6.07) is 12.9. The van der Waals surface area contributed by atoms with Crippen molar-refractivity contribution in [1.29, 1.82) is 0 Å². The third-order valence-electron chi connectivity index (χ3n) is 3.81. The molecule has 0 atom stereocenters. The molecular weight excluding hydrogens is 332 g/mol. The zero-order valence-electron chi connectivity index (χ0n) is 15.5. The maximum Gasteiger partial charge on any atom is 0.260 e. The van der Waals surface area contributed by atoms with Crippen LogP contribution < -0.4 is 14.8 Å². The lowest BCUT2D eigenvalue weighted by molar-refractivity contribution is -0.135. The molecule has 0 radical (unpaired) electrons. The third kappa shape index (κ3) is 5.51. The summed E-state index contributed by atoms with van der Waals surface area (Å²) in [4.78, 5) is 25.6. The van der Waals surface area contributed by atoms with Crippen LogP contribution >= 0.6 is 0 Å². The molecule has 0 heterocycles. The molecule has 2 amide bonds. The molecular formula is C20H24N2O4. The van der Waals surface area contributed by atoms with Crippen LogP contribution in [0.15, 0.2) is 42.5 Å². The van der Waals surface area contributed by atoms with Crippen LogP contribution in [0.1, 0.15) is 11.1 Å². The van der Waals surface area contributed by atoms with Gasteiger partial charge in [0.25, 0.3) is 5.91 Å². The van der Waals surface area contributed by atoms with Crippen molar-refractivity contribution in [2.75, 3.05) is 32.6 Å². The first kappa shape index (κ1) is 19.3. The van der Waals surface area contributed by atoms with Crippen molar-refractivity contribution in [3.8, 4) is 11.5 Å². The monoisotopic (exact) mass is 356 g/mol. The normalized spacial score (nSPS) is 10.2. The van der Waals surface area contributed by atoms with E-state index >= 15 is 0 Å². The molecule has 0 saturated carbocycles. The van der Waals surface area contributed by atoms with Crippen molar-refractivity contribution >= 4 is 17.5 Å². The third-order valence-corrected chi connectivity index (χ3v) is 3.81. The number of carbonyl (C=O) groups is 2. The molecule has 2 rings (SSSR count). The van der Waals surface area contributed by atoms with E-state index in [2.05, 4.69) is 5.32 Å². The number of likely N-dealkylation sites (N-methyl/N-ethyl adjacent to an activating group) is 1. The second-order valence-corrected chi connectivity index (χ2v) is 6.11. The van der Waals surface area contributed by atoms with Gasteiger partial charge in [0.05, 0.1) is 13.7 Å². The second kappa shape index (κ2) is 8.89. The fraction of sp³-hybridized carbons (Fsp3) is 0.300. The Hall–Kier alpha value is -3.02. The number of carbonyl (C=O) groups excluding carboxylic acids is 2. The van der Waals surface area contributed by atoms with E-state index in [0.29, 0.717) is 17.2 Å². The van der Waals surface area contributed by atoms with Gasteiger partial charge in [-0.3, -0.25) is 9.59 Å². The number of benzene rings is 2. The van der Waals surface area contributed by atoms with Gasteiger partial charge < -0.3 is 19.7 Å². The highest BCUT2D eigenvalue weighted by molar-refractivity contribution is 5.94. The predicted molar refractivity (Wildman–Crippen MR) is 101 cm³/mol. The molecule has 2 aromatic rings. The molecule has 0 saturated heterocycles. The number of nitrogens with one attached hydrogen (secondary N) is 1. The Labute approximate surface area is 153 Å². The molecule has 26 heavy (non-hydrogen) atoms. The SMILES string of the molecule is COc1cc(C)ccc1OCC(=O)N(C)CC(=O)Nc1ccc(C)cc1. The number of amides is 2. The van der Waals surface area contributed by atoms with Crippen LogP contribution in [0.5, 0.6) is 11.5 Å². The van der Waals surface area contributed by atoms with E-state index in [1.807, 2.05) is 50.2 Å². The summed E-state index contributed by atoms with van der Waals surface area (Å²) in [7, 11) is 3.11. The second-order valence-electron chi connectivity index (χ2n) is 6.11. The molecule has 138 valence electrons. The van der Waals surface area contributed by atoms with Crippen molar-refractivity contribution in [1.82, 2.24) is 4.90 Å². The van der Waals surface area contributed by atoms with Gasteiger partial charge in [0.2, 0.25) is 5.91 Å². The Kier molecular flexibility index (Phi) is 6.60. The average Bonchev–Trinajstić information content (AvgIpc) is 2.62. The van der Waals surface area contributed by atoms with Gasteiger partial charge in [-0.2, -0.15) is 0 Å². The summed E-state index contributed by atoms with van der Waals surface area (Å²) >= 11 is 0. The van der Waals surface area contributed by atoms with Gasteiger partial charge in [0.1, 0.15) is 0 Å². The molecule has 0 aliphatic rings. The Morgan fingerprint density at radius 3 is 2.31 bits per heavy atom. The summed E-state index contributed by atoms with van der Waals surface area (Å²) in [5.74, 6) is 0.492. The van der Waals surface area contributed by atoms with Crippen molar-refractivity contribution in [3.63, 3.8) is 0 Å². The molecule has 2 aromatic carbocycles. The Bertz CT molecular complexity index is 772. The highest BCUT2D eigenvalue weighted by Crippen LogP contribution is 2.27. The van der Waals surface area contributed by atoms with E-state index in [0.717, 1.165) is 11.1 Å². The minimum atomic E-state index is -0.299. The molecule has 0 aromatic heterocycles. The number of nitrogens with zero attached hydrogens (tertiary/aromatic N) is 1. The lowest BCUT2D eigenvalue weighted by atomic mass is 10.2. The van der Waals surface area contributed by atoms with Crippen LogP contribution in [0.3, 0.4) is 0 Å². The van der Waals surface area contributed by atoms with Gasteiger partial charge in [0.15, 0.2) is 18.1 Å². The number of anilines is 1. The minimum absolute atomic E-state index is 0.0545. The number of ether oxygens (including phenoxy) is 2. The molecule has 6 heteroatoms. The molecule has 0 spiro atoms. The van der Waals surface area contributed by atoms with Gasteiger partial charge in [-0.05, 0) is 43.7 Å². The van der Waals surface area contributed by atoms with Gasteiger partial charge in [-0.25, -0.2) is 0 Å². The summed E-state index contributed by atoms with van der Waals surface area (Å²) in [5.41, 5.74) is 2.84. The maximum absolute atomic E-state index is 12.2. The van der Waals surface area contributed by atoms with Gasteiger partial charge in [0, 0.05) is 12.7 Å². The van der Waals surface area contributed by atoms with E-state index in [4.69, 9.17) is 9.47 Å². The summed E-state index contributed by atoms with van der Waals surface area (Å²) < 4.78 is 10.8. The largest absolute Gasteiger partial charge is 0.493 e. The number of hydrogen-bond donors (Lipinski definition) is 1. The average molecular weight is 356 g/mol. The van der Waals surface area contributed by atoms with Crippen LogP contribution in [-0.2, 0) is 9.59 Å². The lowest BCUT2D eigenvalue weighted by Crippen LogP contribution is -2.37. The summed E-state index contributed by atoms with van der Waals surface area (Å²) in [6.07, 6.45) is 0.